The third kappa shape index (κ3) is 2.02. The van der Waals surface area contributed by atoms with Gasteiger partial charge in [-0.3, -0.25) is 9.59 Å². The standard InChI is InChI=1S/C14H10O4S/c15-11(16)6-8-2-1-3-10-12(17)14-9(4-5-19-14)7-18-13(8)10/h1-5H,6-7H2,(H,15,16). The second-order valence-electron chi connectivity index (χ2n) is 4.26. The van der Waals surface area contributed by atoms with Crippen molar-refractivity contribution in [1.82, 2.24) is 0 Å². The van der Waals surface area contributed by atoms with Crippen LogP contribution in [0.1, 0.15) is 26.4 Å². The SMILES string of the molecule is O=C(O)Cc1cccc2c1OCc1ccsc1C2=O. The summed E-state index contributed by atoms with van der Waals surface area (Å²) in [6.07, 6.45) is -0.149. The molecule has 96 valence electrons. The molecule has 1 aliphatic heterocycles. The van der Waals surface area contributed by atoms with Gasteiger partial charge in [0.25, 0.3) is 0 Å². The third-order valence-electron chi connectivity index (χ3n) is 3.01. The van der Waals surface area contributed by atoms with Crippen molar-refractivity contribution in [3.05, 3.63) is 51.2 Å². The van der Waals surface area contributed by atoms with Gasteiger partial charge >= 0.3 is 5.97 Å². The topological polar surface area (TPSA) is 63.6 Å². The minimum absolute atomic E-state index is 0.0928. The number of hydrogen-bond acceptors (Lipinski definition) is 4. The molecule has 19 heavy (non-hydrogen) atoms. The van der Waals surface area contributed by atoms with Crippen LogP contribution in [0.15, 0.2) is 29.6 Å². The van der Waals surface area contributed by atoms with E-state index in [9.17, 15) is 9.59 Å². The normalized spacial score (nSPS) is 13.2. The molecule has 5 heteroatoms. The highest BCUT2D eigenvalue weighted by atomic mass is 32.1. The number of hydrogen-bond donors (Lipinski definition) is 1. The maximum absolute atomic E-state index is 12.4. The lowest BCUT2D eigenvalue weighted by molar-refractivity contribution is -0.136. The molecule has 0 unspecified atom stereocenters. The summed E-state index contributed by atoms with van der Waals surface area (Å²) >= 11 is 1.38. The first-order valence-electron chi connectivity index (χ1n) is 5.74. The third-order valence-corrected chi connectivity index (χ3v) is 3.96. The molecule has 0 amide bonds. The second-order valence-corrected chi connectivity index (χ2v) is 5.17. The van der Waals surface area contributed by atoms with Gasteiger partial charge in [-0.05, 0) is 17.5 Å². The van der Waals surface area contributed by atoms with E-state index in [0.29, 0.717) is 28.4 Å². The minimum atomic E-state index is -0.941. The predicted octanol–water partition coefficient (Wildman–Crippen LogP) is 2.50. The van der Waals surface area contributed by atoms with E-state index in [1.165, 1.54) is 11.3 Å². The van der Waals surface area contributed by atoms with Crippen molar-refractivity contribution < 1.29 is 19.4 Å². The predicted molar refractivity (Wildman–Crippen MR) is 69.9 cm³/mol. The van der Waals surface area contributed by atoms with Gasteiger partial charge in [-0.2, -0.15) is 0 Å². The number of carbonyl (C=O) groups is 2. The Bertz CT molecular complexity index is 672. The van der Waals surface area contributed by atoms with Gasteiger partial charge in [0.05, 0.1) is 16.9 Å². The average Bonchev–Trinajstić information content (AvgIpc) is 2.79. The van der Waals surface area contributed by atoms with Crippen LogP contribution in [-0.2, 0) is 17.8 Å². The summed E-state index contributed by atoms with van der Waals surface area (Å²) in [6.45, 7) is 0.300. The van der Waals surface area contributed by atoms with E-state index in [1.54, 1.807) is 18.2 Å². The van der Waals surface area contributed by atoms with E-state index >= 15 is 0 Å². The maximum atomic E-state index is 12.4. The number of benzene rings is 1. The number of fused-ring (bicyclic) bond motifs is 2. The monoisotopic (exact) mass is 274 g/mol. The van der Waals surface area contributed by atoms with E-state index in [0.717, 1.165) is 5.56 Å². The molecule has 1 aliphatic rings. The number of thiophene rings is 1. The van der Waals surface area contributed by atoms with Crippen LogP contribution in [-0.4, -0.2) is 16.9 Å². The molecule has 3 rings (SSSR count). The molecule has 1 aromatic carbocycles. The summed E-state index contributed by atoms with van der Waals surface area (Å²) in [7, 11) is 0. The molecule has 0 atom stereocenters. The number of carboxylic acid groups (broad SMARTS) is 1. The molecule has 4 nitrogen and oxygen atoms in total. The fraction of sp³-hybridized carbons (Fsp3) is 0.143. The largest absolute Gasteiger partial charge is 0.488 e. The molecule has 0 spiro atoms. The fourth-order valence-electron chi connectivity index (χ4n) is 2.16. The highest BCUT2D eigenvalue weighted by molar-refractivity contribution is 7.12. The molecule has 0 aliphatic carbocycles. The van der Waals surface area contributed by atoms with Gasteiger partial charge in [0.1, 0.15) is 12.4 Å². The quantitative estimate of drug-likeness (QED) is 0.913. The molecule has 0 bridgehead atoms. The Balaban J connectivity index is 2.12. The summed E-state index contributed by atoms with van der Waals surface area (Å²) in [6, 6.07) is 6.91. The van der Waals surface area contributed by atoms with Crippen LogP contribution in [0.4, 0.5) is 0 Å². The van der Waals surface area contributed by atoms with E-state index in [1.807, 2.05) is 11.4 Å². The van der Waals surface area contributed by atoms with Crippen LogP contribution in [0, 0.1) is 0 Å². The van der Waals surface area contributed by atoms with Gasteiger partial charge in [0.2, 0.25) is 5.78 Å². The van der Waals surface area contributed by atoms with Crippen LogP contribution in [0.25, 0.3) is 0 Å². The number of ketones is 1. The Morgan fingerprint density at radius 2 is 2.21 bits per heavy atom. The van der Waals surface area contributed by atoms with E-state index in [-0.39, 0.29) is 12.2 Å². The Kier molecular flexibility index (Phi) is 2.83. The van der Waals surface area contributed by atoms with Crippen molar-refractivity contribution in [3.63, 3.8) is 0 Å². The lowest BCUT2D eigenvalue weighted by atomic mass is 10.0. The first-order valence-corrected chi connectivity index (χ1v) is 6.62. The molecule has 2 heterocycles. The first kappa shape index (κ1) is 11.9. The number of ether oxygens (including phenoxy) is 1. The molecule has 0 fully saturated rings. The molecule has 0 radical (unpaired) electrons. The van der Waals surface area contributed by atoms with E-state index in [4.69, 9.17) is 9.84 Å². The van der Waals surface area contributed by atoms with Crippen LogP contribution in [0.3, 0.4) is 0 Å². The Morgan fingerprint density at radius 1 is 1.37 bits per heavy atom. The lowest BCUT2D eigenvalue weighted by Gasteiger charge is -2.10. The summed E-state index contributed by atoms with van der Waals surface area (Å²) in [4.78, 5) is 23.9. The molecule has 0 saturated heterocycles. The van der Waals surface area contributed by atoms with Gasteiger partial charge in [0.15, 0.2) is 0 Å². The zero-order valence-electron chi connectivity index (χ0n) is 9.88. The summed E-state index contributed by atoms with van der Waals surface area (Å²) in [5.74, 6) is -0.633. The molecule has 2 aromatic rings. The molecule has 1 aromatic heterocycles. The average molecular weight is 274 g/mol. The lowest BCUT2D eigenvalue weighted by Crippen LogP contribution is -2.06. The fourth-order valence-corrected chi connectivity index (χ4v) is 3.02. The maximum Gasteiger partial charge on any atom is 0.307 e. The smallest absolute Gasteiger partial charge is 0.307 e. The zero-order valence-corrected chi connectivity index (χ0v) is 10.7. The van der Waals surface area contributed by atoms with Crippen molar-refractivity contribution in [3.8, 4) is 5.75 Å². The van der Waals surface area contributed by atoms with Gasteiger partial charge in [-0.1, -0.05) is 12.1 Å². The molecular weight excluding hydrogens is 264 g/mol. The van der Waals surface area contributed by atoms with E-state index in [2.05, 4.69) is 0 Å². The number of rotatable bonds is 2. The summed E-state index contributed by atoms with van der Waals surface area (Å²) in [5, 5.41) is 10.8. The molecule has 1 N–H and O–H groups in total. The van der Waals surface area contributed by atoms with Crippen molar-refractivity contribution in [1.29, 1.82) is 0 Å². The number of carboxylic acids is 1. The van der Waals surface area contributed by atoms with Gasteiger partial charge < -0.3 is 9.84 Å². The minimum Gasteiger partial charge on any atom is -0.488 e. The van der Waals surface area contributed by atoms with Crippen molar-refractivity contribution in [2.75, 3.05) is 0 Å². The molecular formula is C14H10O4S. The number of para-hydroxylation sites is 1. The second kappa shape index (κ2) is 4.51. The Labute approximate surface area is 113 Å². The van der Waals surface area contributed by atoms with Crippen molar-refractivity contribution >= 4 is 23.1 Å². The van der Waals surface area contributed by atoms with Gasteiger partial charge in [0, 0.05) is 11.1 Å². The zero-order chi connectivity index (χ0) is 13.4. The Hall–Kier alpha value is -2.14. The van der Waals surface area contributed by atoms with Gasteiger partial charge in [-0.15, -0.1) is 11.3 Å². The van der Waals surface area contributed by atoms with Crippen LogP contribution in [0.5, 0.6) is 5.75 Å². The van der Waals surface area contributed by atoms with E-state index < -0.39 is 5.97 Å². The number of aliphatic carboxylic acids is 1. The highest BCUT2D eigenvalue weighted by Gasteiger charge is 2.25. The highest BCUT2D eigenvalue weighted by Crippen LogP contribution is 2.33. The summed E-state index contributed by atoms with van der Waals surface area (Å²) < 4.78 is 5.66. The first-order chi connectivity index (χ1) is 9.16. The van der Waals surface area contributed by atoms with Crippen molar-refractivity contribution in [2.24, 2.45) is 0 Å². The van der Waals surface area contributed by atoms with Crippen LogP contribution < -0.4 is 4.74 Å². The van der Waals surface area contributed by atoms with Crippen LogP contribution in [0.2, 0.25) is 0 Å². The van der Waals surface area contributed by atoms with Crippen LogP contribution >= 0.6 is 11.3 Å². The molecule has 0 saturated carbocycles. The Morgan fingerprint density at radius 3 is 3.00 bits per heavy atom. The van der Waals surface area contributed by atoms with Crippen molar-refractivity contribution in [2.45, 2.75) is 13.0 Å². The van der Waals surface area contributed by atoms with Gasteiger partial charge in [-0.25, -0.2) is 0 Å². The number of carbonyl (C=O) groups excluding carboxylic acids is 1. The summed E-state index contributed by atoms with van der Waals surface area (Å²) in [5.41, 5.74) is 1.83.